The van der Waals surface area contributed by atoms with E-state index < -0.39 is 16.1 Å². The van der Waals surface area contributed by atoms with Gasteiger partial charge in [-0.1, -0.05) is 12.1 Å². The molecule has 0 radical (unpaired) electrons. The van der Waals surface area contributed by atoms with Crippen molar-refractivity contribution in [2.45, 2.75) is 30.7 Å². The van der Waals surface area contributed by atoms with Crippen LogP contribution in [0.15, 0.2) is 29.2 Å². The van der Waals surface area contributed by atoms with Crippen molar-refractivity contribution in [3.8, 4) is 5.75 Å². The molecular formula is C14H20N2O4S. The van der Waals surface area contributed by atoms with E-state index in [0.717, 1.165) is 12.8 Å². The second-order valence-corrected chi connectivity index (χ2v) is 6.71. The lowest BCUT2D eigenvalue weighted by atomic mass is 10.3. The van der Waals surface area contributed by atoms with E-state index in [4.69, 9.17) is 4.74 Å². The first kappa shape index (κ1) is 15.8. The van der Waals surface area contributed by atoms with Crippen molar-refractivity contribution in [2.24, 2.45) is 0 Å². The Bertz CT molecular complexity index is 609. The Morgan fingerprint density at radius 3 is 2.52 bits per heavy atom. The van der Waals surface area contributed by atoms with Gasteiger partial charge in [-0.3, -0.25) is 4.79 Å². The highest BCUT2D eigenvalue weighted by molar-refractivity contribution is 7.89. The molecule has 0 unspecified atom stereocenters. The first-order valence-electron chi connectivity index (χ1n) is 6.90. The maximum atomic E-state index is 12.4. The number of sulfonamides is 1. The fourth-order valence-corrected chi connectivity index (χ4v) is 3.77. The zero-order chi connectivity index (χ0) is 15.5. The molecule has 1 aliphatic heterocycles. The predicted octanol–water partition coefficient (Wildman–Crippen LogP) is 0.984. The van der Waals surface area contributed by atoms with Crippen LogP contribution in [0.3, 0.4) is 0 Å². The fraction of sp³-hybridized carbons (Fsp3) is 0.500. The molecule has 1 N–H and O–H groups in total. The lowest BCUT2D eigenvalue weighted by Crippen LogP contribution is -2.45. The summed E-state index contributed by atoms with van der Waals surface area (Å²) in [6.45, 7) is 2.95. The molecule has 1 aliphatic rings. The lowest BCUT2D eigenvalue weighted by Gasteiger charge is -2.21. The topological polar surface area (TPSA) is 75.7 Å². The molecule has 7 heteroatoms. The van der Waals surface area contributed by atoms with Gasteiger partial charge in [-0.25, -0.2) is 8.42 Å². The summed E-state index contributed by atoms with van der Waals surface area (Å²) >= 11 is 0. The van der Waals surface area contributed by atoms with E-state index in [1.54, 1.807) is 30.0 Å². The largest absolute Gasteiger partial charge is 0.495 e. The smallest absolute Gasteiger partial charge is 0.244 e. The Labute approximate surface area is 125 Å². The van der Waals surface area contributed by atoms with E-state index in [1.165, 1.54) is 13.2 Å². The van der Waals surface area contributed by atoms with Gasteiger partial charge in [0, 0.05) is 13.1 Å². The summed E-state index contributed by atoms with van der Waals surface area (Å²) in [7, 11) is -2.39. The summed E-state index contributed by atoms with van der Waals surface area (Å²) in [5.41, 5.74) is 0. The summed E-state index contributed by atoms with van der Waals surface area (Å²) in [6, 6.07) is 5.54. The minimum Gasteiger partial charge on any atom is -0.495 e. The van der Waals surface area contributed by atoms with Crippen LogP contribution in [0, 0.1) is 0 Å². The second kappa shape index (κ2) is 6.44. The van der Waals surface area contributed by atoms with Crippen molar-refractivity contribution in [1.82, 2.24) is 9.62 Å². The number of hydrogen-bond donors (Lipinski definition) is 1. The van der Waals surface area contributed by atoms with E-state index in [9.17, 15) is 13.2 Å². The highest BCUT2D eigenvalue weighted by Gasteiger charge is 2.28. The van der Waals surface area contributed by atoms with Crippen LogP contribution in [0.5, 0.6) is 5.75 Å². The fourth-order valence-electron chi connectivity index (χ4n) is 2.40. The molecule has 0 saturated carbocycles. The van der Waals surface area contributed by atoms with Gasteiger partial charge in [-0.05, 0) is 31.9 Å². The SMILES string of the molecule is COc1ccccc1S(=O)(=O)N[C@H](C)C(=O)N1CCCC1. The number of benzene rings is 1. The summed E-state index contributed by atoms with van der Waals surface area (Å²) < 4.78 is 32.2. The molecule has 21 heavy (non-hydrogen) atoms. The normalized spacial score (nSPS) is 16.8. The number of carbonyl (C=O) groups is 1. The van der Waals surface area contributed by atoms with E-state index in [0.29, 0.717) is 13.1 Å². The Kier molecular flexibility index (Phi) is 4.84. The maximum Gasteiger partial charge on any atom is 0.244 e. The molecule has 2 rings (SSSR count). The summed E-state index contributed by atoms with van der Waals surface area (Å²) in [6.07, 6.45) is 1.94. The number of hydrogen-bond acceptors (Lipinski definition) is 4. The van der Waals surface area contributed by atoms with E-state index in [-0.39, 0.29) is 16.6 Å². The zero-order valence-corrected chi connectivity index (χ0v) is 13.0. The van der Waals surface area contributed by atoms with Gasteiger partial charge in [0.25, 0.3) is 0 Å². The van der Waals surface area contributed by atoms with Gasteiger partial charge in [0.15, 0.2) is 0 Å². The molecule has 1 fully saturated rings. The molecule has 0 spiro atoms. The van der Waals surface area contributed by atoms with Crippen LogP contribution in [0.25, 0.3) is 0 Å². The number of nitrogens with zero attached hydrogens (tertiary/aromatic N) is 1. The zero-order valence-electron chi connectivity index (χ0n) is 12.2. The van der Waals surface area contributed by atoms with Crippen molar-refractivity contribution >= 4 is 15.9 Å². The Morgan fingerprint density at radius 1 is 1.29 bits per heavy atom. The van der Waals surface area contributed by atoms with Gasteiger partial charge in [0.05, 0.1) is 13.2 Å². The van der Waals surface area contributed by atoms with Crippen LogP contribution < -0.4 is 9.46 Å². The molecule has 0 aromatic heterocycles. The lowest BCUT2D eigenvalue weighted by molar-refractivity contribution is -0.131. The van der Waals surface area contributed by atoms with Gasteiger partial charge >= 0.3 is 0 Å². The third kappa shape index (κ3) is 3.54. The molecule has 0 aliphatic carbocycles. The predicted molar refractivity (Wildman–Crippen MR) is 78.6 cm³/mol. The van der Waals surface area contributed by atoms with Gasteiger partial charge in [0.2, 0.25) is 15.9 Å². The minimum atomic E-state index is -3.80. The second-order valence-electron chi connectivity index (χ2n) is 5.03. The minimum absolute atomic E-state index is 0.0357. The third-order valence-electron chi connectivity index (χ3n) is 3.48. The quantitative estimate of drug-likeness (QED) is 0.879. The first-order chi connectivity index (χ1) is 9.95. The highest BCUT2D eigenvalue weighted by Crippen LogP contribution is 2.23. The van der Waals surface area contributed by atoms with Crippen LogP contribution in [0.4, 0.5) is 0 Å². The van der Waals surface area contributed by atoms with Gasteiger partial charge in [-0.2, -0.15) is 4.72 Å². The molecule has 116 valence electrons. The number of para-hydroxylation sites is 1. The number of carbonyl (C=O) groups excluding carboxylic acids is 1. The van der Waals surface area contributed by atoms with Gasteiger partial charge in [0.1, 0.15) is 10.6 Å². The number of nitrogens with one attached hydrogen (secondary N) is 1. The van der Waals surface area contributed by atoms with Crippen LogP contribution in [0.1, 0.15) is 19.8 Å². The van der Waals surface area contributed by atoms with Crippen molar-refractivity contribution in [3.63, 3.8) is 0 Å². The van der Waals surface area contributed by atoms with Gasteiger partial charge < -0.3 is 9.64 Å². The van der Waals surface area contributed by atoms with E-state index in [2.05, 4.69) is 4.72 Å². The molecule has 1 atom stereocenters. The van der Waals surface area contributed by atoms with Crippen LogP contribution in [-0.2, 0) is 14.8 Å². The summed E-state index contributed by atoms with van der Waals surface area (Å²) in [5.74, 6) is 0.0665. The maximum absolute atomic E-state index is 12.4. The number of likely N-dealkylation sites (tertiary alicyclic amines) is 1. The number of methoxy groups -OCH3 is 1. The average molecular weight is 312 g/mol. The average Bonchev–Trinajstić information content (AvgIpc) is 3.00. The number of ether oxygens (including phenoxy) is 1. The highest BCUT2D eigenvalue weighted by atomic mass is 32.2. The Hall–Kier alpha value is -1.60. The summed E-state index contributed by atoms with van der Waals surface area (Å²) in [5, 5.41) is 0. The molecule has 0 bridgehead atoms. The number of rotatable bonds is 5. The Balaban J connectivity index is 2.15. The summed E-state index contributed by atoms with van der Waals surface area (Å²) in [4.78, 5) is 13.9. The molecule has 1 amide bonds. The molecule has 1 saturated heterocycles. The van der Waals surface area contributed by atoms with Crippen molar-refractivity contribution < 1.29 is 17.9 Å². The monoisotopic (exact) mass is 312 g/mol. The van der Waals surface area contributed by atoms with Crippen LogP contribution in [0.2, 0.25) is 0 Å². The molecule has 1 aromatic carbocycles. The van der Waals surface area contributed by atoms with Crippen LogP contribution in [-0.4, -0.2) is 45.5 Å². The van der Waals surface area contributed by atoms with E-state index >= 15 is 0 Å². The third-order valence-corrected chi connectivity index (χ3v) is 5.06. The standard InChI is InChI=1S/C14H20N2O4S/c1-11(14(17)16-9-5-6-10-16)15-21(18,19)13-8-4-3-7-12(13)20-2/h3-4,7-8,11,15H,5-6,9-10H2,1-2H3/t11-/m1/s1. The number of amides is 1. The first-order valence-corrected chi connectivity index (χ1v) is 8.38. The Morgan fingerprint density at radius 2 is 1.90 bits per heavy atom. The van der Waals surface area contributed by atoms with Crippen LogP contribution >= 0.6 is 0 Å². The van der Waals surface area contributed by atoms with E-state index in [1.807, 2.05) is 0 Å². The van der Waals surface area contributed by atoms with Crippen molar-refractivity contribution in [3.05, 3.63) is 24.3 Å². The molecular weight excluding hydrogens is 292 g/mol. The molecule has 1 heterocycles. The molecule has 6 nitrogen and oxygen atoms in total. The van der Waals surface area contributed by atoms with Crippen molar-refractivity contribution in [1.29, 1.82) is 0 Å². The van der Waals surface area contributed by atoms with Crippen molar-refractivity contribution in [2.75, 3.05) is 20.2 Å². The van der Waals surface area contributed by atoms with Gasteiger partial charge in [-0.15, -0.1) is 0 Å². The molecule has 1 aromatic rings.